The zero-order chi connectivity index (χ0) is 18.5. The van der Waals surface area contributed by atoms with Crippen LogP contribution in [0.3, 0.4) is 0 Å². The number of likely N-dealkylation sites (tertiary alicyclic amines) is 1. The molecule has 0 spiro atoms. The standard InChI is InChI=1S/C20H29N3O3.ClH/c1-3-15-4-6-16(7-5-15)18-13-21-8-9-23(18)20(25)17-12-19(24)22(14-17)10-11-26-2;/h4-7,17-18,21H,3,8-14H2,1-2H3;1H. The Morgan fingerprint density at radius 1 is 1.30 bits per heavy atom. The van der Waals surface area contributed by atoms with Crippen molar-refractivity contribution < 1.29 is 14.3 Å². The van der Waals surface area contributed by atoms with E-state index < -0.39 is 0 Å². The number of amides is 2. The van der Waals surface area contributed by atoms with Crippen LogP contribution in [0.25, 0.3) is 0 Å². The minimum absolute atomic E-state index is 0. The molecule has 6 nitrogen and oxygen atoms in total. The normalized spacial score (nSPS) is 22.7. The molecule has 2 heterocycles. The molecule has 7 heteroatoms. The maximum atomic E-state index is 13.2. The Bertz CT molecular complexity index is 638. The molecule has 0 saturated carbocycles. The molecule has 1 aromatic carbocycles. The quantitative estimate of drug-likeness (QED) is 0.795. The predicted octanol–water partition coefficient (Wildman–Crippen LogP) is 1.64. The van der Waals surface area contributed by atoms with Crippen LogP contribution in [-0.4, -0.2) is 68.1 Å². The number of ether oxygens (including phenoxy) is 1. The van der Waals surface area contributed by atoms with Crippen LogP contribution in [0.1, 0.15) is 30.5 Å². The topological polar surface area (TPSA) is 61.9 Å². The number of aryl methyl sites for hydroxylation is 1. The molecular weight excluding hydrogens is 366 g/mol. The summed E-state index contributed by atoms with van der Waals surface area (Å²) < 4.78 is 5.06. The van der Waals surface area contributed by atoms with Gasteiger partial charge in [-0.25, -0.2) is 0 Å². The molecule has 2 aliphatic rings. The van der Waals surface area contributed by atoms with Gasteiger partial charge in [0.1, 0.15) is 0 Å². The number of nitrogens with one attached hydrogen (secondary N) is 1. The van der Waals surface area contributed by atoms with Crippen LogP contribution in [-0.2, 0) is 20.7 Å². The Hall–Kier alpha value is -1.63. The molecule has 150 valence electrons. The highest BCUT2D eigenvalue weighted by Crippen LogP contribution is 2.28. The van der Waals surface area contributed by atoms with Crippen molar-refractivity contribution in [1.29, 1.82) is 0 Å². The third kappa shape index (κ3) is 5.00. The van der Waals surface area contributed by atoms with Gasteiger partial charge >= 0.3 is 0 Å². The number of hydrogen-bond acceptors (Lipinski definition) is 4. The largest absolute Gasteiger partial charge is 0.383 e. The summed E-state index contributed by atoms with van der Waals surface area (Å²) in [6.45, 7) is 5.94. The Labute approximate surface area is 167 Å². The molecule has 2 fully saturated rings. The Morgan fingerprint density at radius 2 is 2.04 bits per heavy atom. The summed E-state index contributed by atoms with van der Waals surface area (Å²) >= 11 is 0. The van der Waals surface area contributed by atoms with E-state index in [-0.39, 0.29) is 36.2 Å². The third-order valence-corrected chi connectivity index (χ3v) is 5.43. The third-order valence-electron chi connectivity index (χ3n) is 5.43. The van der Waals surface area contributed by atoms with E-state index in [0.29, 0.717) is 32.7 Å². The predicted molar refractivity (Wildman–Crippen MR) is 107 cm³/mol. The van der Waals surface area contributed by atoms with Gasteiger partial charge in [0, 0.05) is 46.3 Å². The highest BCUT2D eigenvalue weighted by atomic mass is 35.5. The first-order valence-corrected chi connectivity index (χ1v) is 9.50. The lowest BCUT2D eigenvalue weighted by Crippen LogP contribution is -2.50. The second-order valence-corrected chi connectivity index (χ2v) is 7.08. The fourth-order valence-electron chi connectivity index (χ4n) is 3.83. The van der Waals surface area contributed by atoms with E-state index in [2.05, 4.69) is 36.5 Å². The second kappa shape index (κ2) is 10.1. The van der Waals surface area contributed by atoms with E-state index in [4.69, 9.17) is 4.74 Å². The van der Waals surface area contributed by atoms with Crippen molar-refractivity contribution in [2.75, 3.05) is 46.4 Å². The summed E-state index contributed by atoms with van der Waals surface area (Å²) in [5, 5.41) is 3.40. The first kappa shape index (κ1) is 21.7. The number of methoxy groups -OCH3 is 1. The molecule has 1 aromatic rings. The van der Waals surface area contributed by atoms with Gasteiger partial charge in [-0.15, -0.1) is 12.4 Å². The molecule has 3 rings (SSSR count). The van der Waals surface area contributed by atoms with Gasteiger partial charge in [-0.3, -0.25) is 9.59 Å². The number of hydrogen-bond donors (Lipinski definition) is 1. The Balaban J connectivity index is 0.00000261. The molecule has 1 N–H and O–H groups in total. The second-order valence-electron chi connectivity index (χ2n) is 7.08. The van der Waals surface area contributed by atoms with Gasteiger partial charge in [0.25, 0.3) is 0 Å². The number of carbonyl (C=O) groups is 2. The number of piperazine rings is 1. The average molecular weight is 396 g/mol. The van der Waals surface area contributed by atoms with Gasteiger partial charge in [0.05, 0.1) is 18.6 Å². The van der Waals surface area contributed by atoms with Gasteiger partial charge < -0.3 is 19.9 Å². The number of carbonyl (C=O) groups excluding carboxylic acids is 2. The van der Waals surface area contributed by atoms with Crippen molar-refractivity contribution in [3.63, 3.8) is 0 Å². The smallest absolute Gasteiger partial charge is 0.228 e. The summed E-state index contributed by atoms with van der Waals surface area (Å²) in [5.41, 5.74) is 2.45. The number of halogens is 1. The number of nitrogens with zero attached hydrogens (tertiary/aromatic N) is 2. The van der Waals surface area contributed by atoms with Crippen LogP contribution in [0.4, 0.5) is 0 Å². The first-order valence-electron chi connectivity index (χ1n) is 9.50. The van der Waals surface area contributed by atoms with E-state index in [1.54, 1.807) is 12.0 Å². The molecule has 2 aliphatic heterocycles. The maximum Gasteiger partial charge on any atom is 0.228 e. The molecule has 2 atom stereocenters. The monoisotopic (exact) mass is 395 g/mol. The van der Waals surface area contributed by atoms with Gasteiger partial charge in [0.2, 0.25) is 11.8 Å². The minimum Gasteiger partial charge on any atom is -0.383 e. The van der Waals surface area contributed by atoms with Crippen LogP contribution >= 0.6 is 12.4 Å². The average Bonchev–Trinajstić information content (AvgIpc) is 3.06. The molecule has 27 heavy (non-hydrogen) atoms. The summed E-state index contributed by atoms with van der Waals surface area (Å²) in [5.74, 6) is -0.0846. The van der Waals surface area contributed by atoms with Gasteiger partial charge in [-0.1, -0.05) is 31.2 Å². The highest BCUT2D eigenvalue weighted by Gasteiger charge is 2.39. The minimum atomic E-state index is -0.241. The van der Waals surface area contributed by atoms with E-state index in [1.165, 1.54) is 5.56 Å². The van der Waals surface area contributed by atoms with Gasteiger partial charge in [-0.2, -0.15) is 0 Å². The van der Waals surface area contributed by atoms with E-state index in [1.807, 2.05) is 4.90 Å². The zero-order valence-corrected chi connectivity index (χ0v) is 17.0. The Kier molecular flexibility index (Phi) is 8.07. The zero-order valence-electron chi connectivity index (χ0n) is 16.1. The molecule has 0 aliphatic carbocycles. The van der Waals surface area contributed by atoms with Crippen molar-refractivity contribution in [2.45, 2.75) is 25.8 Å². The molecular formula is C20H30ClN3O3. The van der Waals surface area contributed by atoms with Crippen LogP contribution in [0.2, 0.25) is 0 Å². The van der Waals surface area contributed by atoms with Crippen LogP contribution < -0.4 is 5.32 Å². The fourth-order valence-corrected chi connectivity index (χ4v) is 3.83. The van der Waals surface area contributed by atoms with E-state index in [9.17, 15) is 9.59 Å². The molecule has 2 unspecified atom stereocenters. The summed E-state index contributed by atoms with van der Waals surface area (Å²) in [6.07, 6.45) is 1.32. The van der Waals surface area contributed by atoms with Crippen LogP contribution in [0.15, 0.2) is 24.3 Å². The van der Waals surface area contributed by atoms with Crippen LogP contribution in [0, 0.1) is 5.92 Å². The van der Waals surface area contributed by atoms with Crippen molar-refractivity contribution in [1.82, 2.24) is 15.1 Å². The maximum absolute atomic E-state index is 13.2. The fraction of sp³-hybridized carbons (Fsp3) is 0.600. The molecule has 2 saturated heterocycles. The van der Waals surface area contributed by atoms with Crippen LogP contribution in [0.5, 0.6) is 0 Å². The first-order chi connectivity index (χ1) is 12.6. The van der Waals surface area contributed by atoms with Crippen molar-refractivity contribution >= 4 is 24.2 Å². The molecule has 0 bridgehead atoms. The molecule has 0 aromatic heterocycles. The lowest BCUT2D eigenvalue weighted by molar-refractivity contribution is -0.139. The lowest BCUT2D eigenvalue weighted by Gasteiger charge is -2.38. The lowest BCUT2D eigenvalue weighted by atomic mass is 9.98. The van der Waals surface area contributed by atoms with Crippen molar-refractivity contribution in [3.05, 3.63) is 35.4 Å². The van der Waals surface area contributed by atoms with Gasteiger partial charge in [0.15, 0.2) is 0 Å². The summed E-state index contributed by atoms with van der Waals surface area (Å²) in [7, 11) is 1.62. The summed E-state index contributed by atoms with van der Waals surface area (Å²) in [6, 6.07) is 8.56. The SMILES string of the molecule is CCc1ccc(C2CNCCN2C(=O)C2CC(=O)N(CCOC)C2)cc1.Cl. The van der Waals surface area contributed by atoms with Crippen molar-refractivity contribution in [2.24, 2.45) is 5.92 Å². The molecule has 2 amide bonds. The Morgan fingerprint density at radius 3 is 2.70 bits per heavy atom. The molecule has 0 radical (unpaired) electrons. The number of benzene rings is 1. The highest BCUT2D eigenvalue weighted by molar-refractivity contribution is 5.89. The van der Waals surface area contributed by atoms with E-state index in [0.717, 1.165) is 25.1 Å². The summed E-state index contributed by atoms with van der Waals surface area (Å²) in [4.78, 5) is 29.1. The van der Waals surface area contributed by atoms with Crippen molar-refractivity contribution in [3.8, 4) is 0 Å². The number of rotatable bonds is 6. The van der Waals surface area contributed by atoms with Gasteiger partial charge in [-0.05, 0) is 17.5 Å². The van der Waals surface area contributed by atoms with E-state index >= 15 is 0 Å².